The van der Waals surface area contributed by atoms with Gasteiger partial charge in [-0.3, -0.25) is 9.69 Å². The van der Waals surface area contributed by atoms with Crippen LogP contribution in [0.3, 0.4) is 0 Å². The van der Waals surface area contributed by atoms with E-state index in [1.165, 1.54) is 12.8 Å². The van der Waals surface area contributed by atoms with Crippen molar-refractivity contribution in [3.05, 3.63) is 53.6 Å². The second kappa shape index (κ2) is 12.5. The number of rotatable bonds is 11. The van der Waals surface area contributed by atoms with Crippen molar-refractivity contribution >= 4 is 5.91 Å². The van der Waals surface area contributed by atoms with Gasteiger partial charge in [0.2, 0.25) is 5.91 Å². The van der Waals surface area contributed by atoms with Gasteiger partial charge >= 0.3 is 0 Å². The van der Waals surface area contributed by atoms with Crippen molar-refractivity contribution in [3.63, 3.8) is 0 Å². The lowest BCUT2D eigenvalue weighted by atomic mass is 9.89. The molecule has 2 fully saturated rings. The Hall–Kier alpha value is -3.24. The molecule has 1 saturated heterocycles. The predicted octanol–water partition coefficient (Wildman–Crippen LogP) is 5.44. The normalized spacial score (nSPS) is 22.0. The van der Waals surface area contributed by atoms with Gasteiger partial charge in [0.1, 0.15) is 11.9 Å². The number of hydrogen-bond acceptors (Lipinski definition) is 6. The molecule has 2 aromatic rings. The molecule has 4 unspecified atom stereocenters. The molecular weight excluding hydrogens is 478 g/mol. The number of methoxy groups -OCH3 is 2. The Balaban J connectivity index is 1.51. The van der Waals surface area contributed by atoms with Crippen LogP contribution in [0.25, 0.3) is 0 Å². The first-order valence-corrected chi connectivity index (χ1v) is 13.8. The van der Waals surface area contributed by atoms with E-state index in [9.17, 15) is 10.1 Å². The molecule has 1 heterocycles. The molecule has 0 spiro atoms. The molecule has 4 atom stereocenters. The van der Waals surface area contributed by atoms with Gasteiger partial charge in [0.15, 0.2) is 11.5 Å². The Morgan fingerprint density at radius 3 is 2.32 bits per heavy atom. The van der Waals surface area contributed by atoms with Crippen LogP contribution in [-0.2, 0) is 4.79 Å². The number of nitriles is 1. The standard InChI is InChI=1S/C31H41N3O4/c1-6-7-30(35)34-19-24-12-13-25(20-34)31(24)33(3)21(2)16-28(23-10-8-22(18-32)9-11-23)38-26-14-15-27(36-4)29(17-26)37-5/h8-11,14-15,17,21,24-25,28,31H,6-7,12-13,16,19-20H2,1-5H3. The summed E-state index contributed by atoms with van der Waals surface area (Å²) in [6, 6.07) is 16.2. The molecule has 2 bridgehead atoms. The number of hydrogen-bond donors (Lipinski definition) is 0. The molecule has 38 heavy (non-hydrogen) atoms. The van der Waals surface area contributed by atoms with Gasteiger partial charge in [-0.1, -0.05) is 19.1 Å². The van der Waals surface area contributed by atoms with Crippen LogP contribution >= 0.6 is 0 Å². The van der Waals surface area contributed by atoms with E-state index in [4.69, 9.17) is 14.2 Å². The Labute approximate surface area is 227 Å². The van der Waals surface area contributed by atoms with E-state index in [1.807, 2.05) is 42.5 Å². The number of nitrogens with zero attached hydrogens (tertiary/aromatic N) is 3. The maximum atomic E-state index is 12.6. The molecule has 1 aliphatic carbocycles. The summed E-state index contributed by atoms with van der Waals surface area (Å²) in [4.78, 5) is 17.2. The lowest BCUT2D eigenvalue weighted by Gasteiger charge is -2.45. The van der Waals surface area contributed by atoms with E-state index in [1.54, 1.807) is 14.2 Å². The number of benzene rings is 2. The minimum Gasteiger partial charge on any atom is -0.493 e. The fourth-order valence-corrected chi connectivity index (χ4v) is 6.28. The SMILES string of the molecule is CCCC(=O)N1CC2CCC(C1)C2N(C)C(C)CC(Oc1ccc(OC)c(OC)c1)c1ccc(C#N)cc1. The van der Waals surface area contributed by atoms with E-state index in [0.717, 1.165) is 31.5 Å². The fraction of sp³-hybridized carbons (Fsp3) is 0.548. The Bertz CT molecular complexity index is 1110. The zero-order valence-electron chi connectivity index (χ0n) is 23.4. The molecule has 0 radical (unpaired) electrons. The van der Waals surface area contributed by atoms with Gasteiger partial charge in [-0.05, 0) is 74.9 Å². The van der Waals surface area contributed by atoms with Crippen LogP contribution in [0, 0.1) is 23.2 Å². The summed E-state index contributed by atoms with van der Waals surface area (Å²) in [5, 5.41) is 9.27. The van der Waals surface area contributed by atoms with Crippen molar-refractivity contribution in [3.8, 4) is 23.3 Å². The lowest BCUT2D eigenvalue weighted by Crippen LogP contribution is -2.55. The Morgan fingerprint density at radius 1 is 1.08 bits per heavy atom. The van der Waals surface area contributed by atoms with Crippen molar-refractivity contribution in [2.75, 3.05) is 34.4 Å². The van der Waals surface area contributed by atoms with Gasteiger partial charge in [-0.25, -0.2) is 0 Å². The third-order valence-electron chi connectivity index (χ3n) is 8.37. The number of ether oxygens (including phenoxy) is 3. The highest BCUT2D eigenvalue weighted by molar-refractivity contribution is 5.76. The van der Waals surface area contributed by atoms with Crippen molar-refractivity contribution < 1.29 is 19.0 Å². The lowest BCUT2D eigenvalue weighted by molar-refractivity contribution is -0.134. The molecular formula is C31H41N3O4. The maximum Gasteiger partial charge on any atom is 0.222 e. The average molecular weight is 520 g/mol. The van der Waals surface area contributed by atoms with Crippen LogP contribution in [0.1, 0.15) is 63.2 Å². The molecule has 7 heteroatoms. The summed E-state index contributed by atoms with van der Waals surface area (Å²) in [5.74, 6) is 3.32. The van der Waals surface area contributed by atoms with Crippen molar-refractivity contribution in [2.24, 2.45) is 11.8 Å². The first kappa shape index (κ1) is 27.8. The average Bonchev–Trinajstić information content (AvgIpc) is 3.20. The van der Waals surface area contributed by atoms with Crippen LogP contribution in [0.4, 0.5) is 0 Å². The van der Waals surface area contributed by atoms with Crippen molar-refractivity contribution in [1.82, 2.24) is 9.80 Å². The number of carbonyl (C=O) groups excluding carboxylic acids is 1. The number of fused-ring (bicyclic) bond motifs is 2. The van der Waals surface area contributed by atoms with Gasteiger partial charge in [0.25, 0.3) is 0 Å². The zero-order chi connectivity index (χ0) is 27.2. The minimum atomic E-state index is -0.206. The third kappa shape index (κ3) is 6.07. The van der Waals surface area contributed by atoms with E-state index < -0.39 is 0 Å². The monoisotopic (exact) mass is 519 g/mol. The van der Waals surface area contributed by atoms with Crippen LogP contribution in [-0.4, -0.2) is 62.1 Å². The molecule has 7 nitrogen and oxygen atoms in total. The number of amides is 1. The number of carbonyl (C=O) groups is 1. The summed E-state index contributed by atoms with van der Waals surface area (Å²) in [7, 11) is 5.47. The molecule has 1 aliphatic heterocycles. The summed E-state index contributed by atoms with van der Waals surface area (Å²) in [5.41, 5.74) is 1.66. The highest BCUT2D eigenvalue weighted by Crippen LogP contribution is 2.42. The van der Waals surface area contributed by atoms with Crippen LogP contribution < -0.4 is 14.2 Å². The van der Waals surface area contributed by atoms with Crippen LogP contribution in [0.5, 0.6) is 17.2 Å². The first-order valence-electron chi connectivity index (χ1n) is 13.8. The highest BCUT2D eigenvalue weighted by atomic mass is 16.5. The second-order valence-electron chi connectivity index (χ2n) is 10.7. The molecule has 1 saturated carbocycles. The summed E-state index contributed by atoms with van der Waals surface area (Å²) >= 11 is 0. The predicted molar refractivity (Wildman–Crippen MR) is 147 cm³/mol. The van der Waals surface area contributed by atoms with E-state index >= 15 is 0 Å². The van der Waals surface area contributed by atoms with E-state index in [2.05, 4.69) is 36.8 Å². The van der Waals surface area contributed by atoms with Crippen LogP contribution in [0.15, 0.2) is 42.5 Å². The minimum absolute atomic E-state index is 0.206. The molecule has 0 N–H and O–H groups in total. The van der Waals surface area contributed by atoms with Crippen molar-refractivity contribution in [1.29, 1.82) is 5.26 Å². The molecule has 0 aromatic heterocycles. The van der Waals surface area contributed by atoms with E-state index in [0.29, 0.717) is 53.0 Å². The van der Waals surface area contributed by atoms with Gasteiger partial charge in [-0.15, -0.1) is 0 Å². The smallest absolute Gasteiger partial charge is 0.222 e. The molecule has 204 valence electrons. The summed E-state index contributed by atoms with van der Waals surface area (Å²) in [6.07, 6.45) is 4.50. The molecule has 4 rings (SSSR count). The largest absolute Gasteiger partial charge is 0.493 e. The molecule has 2 aromatic carbocycles. The zero-order valence-corrected chi connectivity index (χ0v) is 23.4. The fourth-order valence-electron chi connectivity index (χ4n) is 6.28. The summed E-state index contributed by atoms with van der Waals surface area (Å²) < 4.78 is 17.4. The van der Waals surface area contributed by atoms with Crippen molar-refractivity contribution in [2.45, 2.75) is 64.1 Å². The highest BCUT2D eigenvalue weighted by Gasteiger charge is 2.45. The van der Waals surface area contributed by atoms with Crippen LogP contribution in [0.2, 0.25) is 0 Å². The van der Waals surface area contributed by atoms with Gasteiger partial charge < -0.3 is 19.1 Å². The topological polar surface area (TPSA) is 75.0 Å². The van der Waals surface area contributed by atoms with Gasteiger partial charge in [0.05, 0.1) is 25.9 Å². The quantitative estimate of drug-likeness (QED) is 0.393. The summed E-state index contributed by atoms with van der Waals surface area (Å²) in [6.45, 7) is 6.09. The molecule has 2 aliphatic rings. The molecule has 1 amide bonds. The Morgan fingerprint density at radius 2 is 1.74 bits per heavy atom. The second-order valence-corrected chi connectivity index (χ2v) is 10.7. The Kier molecular flexibility index (Phi) is 9.17. The first-order chi connectivity index (χ1) is 18.4. The van der Waals surface area contributed by atoms with Gasteiger partial charge in [0, 0.05) is 44.1 Å². The number of piperidine rings is 1. The maximum absolute atomic E-state index is 12.6. The number of likely N-dealkylation sites (tertiary alicyclic amines) is 1. The van der Waals surface area contributed by atoms with Gasteiger partial charge in [-0.2, -0.15) is 5.26 Å². The third-order valence-corrected chi connectivity index (χ3v) is 8.37. The van der Waals surface area contributed by atoms with E-state index in [-0.39, 0.29) is 12.1 Å².